The zero-order valence-electron chi connectivity index (χ0n) is 19.1. The van der Waals surface area contributed by atoms with Gasteiger partial charge < -0.3 is 4.90 Å². The number of pyridine rings is 1. The van der Waals surface area contributed by atoms with E-state index < -0.39 is 10.0 Å². The van der Waals surface area contributed by atoms with Gasteiger partial charge in [-0.25, -0.2) is 12.8 Å². The molecule has 1 saturated heterocycles. The molecular weight excluding hydrogens is 455 g/mol. The largest absolute Gasteiger partial charge is 0.334 e. The number of carbonyl (C=O) groups excluding carboxylic acids is 1. The van der Waals surface area contributed by atoms with E-state index in [9.17, 15) is 17.6 Å². The van der Waals surface area contributed by atoms with Crippen LogP contribution in [-0.4, -0.2) is 61.0 Å². The number of piperazine rings is 1. The predicted molar refractivity (Wildman–Crippen MR) is 132 cm³/mol. The highest BCUT2D eigenvalue weighted by atomic mass is 32.2. The number of amides is 1. The summed E-state index contributed by atoms with van der Waals surface area (Å²) >= 11 is 0. The fourth-order valence-electron chi connectivity index (χ4n) is 4.17. The topological polar surface area (TPSA) is 82.6 Å². The summed E-state index contributed by atoms with van der Waals surface area (Å²) in [5, 5.41) is 0.794. The molecule has 3 aromatic rings. The van der Waals surface area contributed by atoms with Gasteiger partial charge in [0.05, 0.1) is 17.5 Å². The molecule has 0 saturated carbocycles. The molecule has 34 heavy (non-hydrogen) atoms. The van der Waals surface area contributed by atoms with Crippen LogP contribution in [0.1, 0.15) is 18.1 Å². The van der Waals surface area contributed by atoms with Crippen LogP contribution in [0.4, 0.5) is 10.1 Å². The number of benzene rings is 2. The molecule has 1 fully saturated rings. The Bertz CT molecular complexity index is 1330. The molecule has 2 aromatic carbocycles. The van der Waals surface area contributed by atoms with Gasteiger partial charge in [-0.05, 0) is 48.9 Å². The molecule has 0 bridgehead atoms. The Balaban J connectivity index is 1.47. The number of hydrogen-bond acceptors (Lipinski definition) is 5. The fraction of sp³-hybridized carbons (Fsp3) is 0.280. The lowest BCUT2D eigenvalue weighted by atomic mass is 10.1. The summed E-state index contributed by atoms with van der Waals surface area (Å²) in [5.41, 5.74) is 2.69. The normalized spacial score (nSPS) is 17.4. The number of rotatable bonds is 6. The average molecular weight is 483 g/mol. The summed E-state index contributed by atoms with van der Waals surface area (Å²) in [6.07, 6.45) is 5.86. The number of hydrogen-bond donors (Lipinski definition) is 1. The summed E-state index contributed by atoms with van der Waals surface area (Å²) < 4.78 is 39.4. The van der Waals surface area contributed by atoms with Crippen molar-refractivity contribution in [1.29, 1.82) is 0 Å². The monoisotopic (exact) mass is 482 g/mol. The molecule has 4 rings (SSSR count). The maximum atomic E-state index is 13.1. The van der Waals surface area contributed by atoms with E-state index in [0.717, 1.165) is 17.2 Å². The predicted octanol–water partition coefficient (Wildman–Crippen LogP) is 3.49. The van der Waals surface area contributed by atoms with E-state index in [4.69, 9.17) is 0 Å². The Labute approximate surface area is 199 Å². The lowest BCUT2D eigenvalue weighted by Gasteiger charge is -2.39. The number of carbonyl (C=O) groups is 1. The maximum absolute atomic E-state index is 13.1. The van der Waals surface area contributed by atoms with Gasteiger partial charge in [0, 0.05) is 55.4 Å². The van der Waals surface area contributed by atoms with E-state index in [1.165, 1.54) is 18.2 Å². The Morgan fingerprint density at radius 1 is 1.21 bits per heavy atom. The number of halogens is 1. The van der Waals surface area contributed by atoms with Crippen LogP contribution < -0.4 is 4.72 Å². The zero-order valence-corrected chi connectivity index (χ0v) is 19.9. The van der Waals surface area contributed by atoms with Gasteiger partial charge in [-0.15, -0.1) is 0 Å². The Hall–Kier alpha value is -3.30. The summed E-state index contributed by atoms with van der Waals surface area (Å²) in [7, 11) is -3.50. The number of fused-ring (bicyclic) bond motifs is 1. The number of nitrogens with zero attached hydrogens (tertiary/aromatic N) is 3. The number of aromatic nitrogens is 1. The van der Waals surface area contributed by atoms with Crippen LogP contribution in [0.3, 0.4) is 0 Å². The van der Waals surface area contributed by atoms with Crippen molar-refractivity contribution in [2.45, 2.75) is 19.5 Å². The molecule has 0 spiro atoms. The second-order valence-corrected chi connectivity index (χ2v) is 10.3. The molecule has 0 radical (unpaired) electrons. The number of nitrogens with one attached hydrogen (secondary N) is 1. The Kier molecular flexibility index (Phi) is 6.95. The highest BCUT2D eigenvalue weighted by molar-refractivity contribution is 7.92. The average Bonchev–Trinajstić information content (AvgIpc) is 2.78. The summed E-state index contributed by atoms with van der Waals surface area (Å²) in [6, 6.07) is 13.6. The van der Waals surface area contributed by atoms with E-state index >= 15 is 0 Å². The second kappa shape index (κ2) is 9.90. The van der Waals surface area contributed by atoms with Gasteiger partial charge in [-0.1, -0.05) is 18.2 Å². The summed E-state index contributed by atoms with van der Waals surface area (Å²) in [5.74, 6) is -0.392. The molecular formula is C25H27FN4O3S. The molecule has 1 aromatic heterocycles. The first-order valence-electron chi connectivity index (χ1n) is 11.0. The Morgan fingerprint density at radius 2 is 1.97 bits per heavy atom. The van der Waals surface area contributed by atoms with Gasteiger partial charge in [0.15, 0.2) is 0 Å². The molecule has 7 nitrogen and oxygen atoms in total. The van der Waals surface area contributed by atoms with Crippen LogP contribution in [0.5, 0.6) is 0 Å². The highest BCUT2D eigenvalue weighted by Crippen LogP contribution is 2.25. The maximum Gasteiger partial charge on any atom is 0.246 e. The van der Waals surface area contributed by atoms with Crippen molar-refractivity contribution >= 4 is 38.6 Å². The van der Waals surface area contributed by atoms with Gasteiger partial charge >= 0.3 is 0 Å². The smallest absolute Gasteiger partial charge is 0.246 e. The minimum atomic E-state index is -3.50. The third-order valence-corrected chi connectivity index (χ3v) is 6.38. The van der Waals surface area contributed by atoms with Crippen LogP contribution >= 0.6 is 0 Å². The molecule has 2 heterocycles. The van der Waals surface area contributed by atoms with Crippen molar-refractivity contribution in [3.63, 3.8) is 0 Å². The lowest BCUT2D eigenvalue weighted by Crippen LogP contribution is -2.53. The van der Waals surface area contributed by atoms with Crippen molar-refractivity contribution in [2.24, 2.45) is 0 Å². The van der Waals surface area contributed by atoms with Crippen molar-refractivity contribution in [3.8, 4) is 0 Å². The molecule has 0 aliphatic carbocycles. The lowest BCUT2D eigenvalue weighted by molar-refractivity contribution is -0.130. The minimum absolute atomic E-state index is 0.00164. The molecule has 178 valence electrons. The quantitative estimate of drug-likeness (QED) is 0.544. The van der Waals surface area contributed by atoms with E-state index in [0.29, 0.717) is 42.9 Å². The highest BCUT2D eigenvalue weighted by Gasteiger charge is 2.26. The van der Waals surface area contributed by atoms with Crippen molar-refractivity contribution in [1.82, 2.24) is 14.8 Å². The van der Waals surface area contributed by atoms with Crippen molar-refractivity contribution in [3.05, 3.63) is 77.7 Å². The Morgan fingerprint density at radius 3 is 2.68 bits per heavy atom. The molecule has 1 aliphatic heterocycles. The van der Waals surface area contributed by atoms with Crippen LogP contribution in [0.15, 0.2) is 60.8 Å². The van der Waals surface area contributed by atoms with Gasteiger partial charge in [-0.2, -0.15) is 0 Å². The summed E-state index contributed by atoms with van der Waals surface area (Å²) in [4.78, 5) is 21.3. The zero-order chi connectivity index (χ0) is 24.3. The SMILES string of the molecule is C[C@@H]1CN(Cc2ccc(F)cc2)CCN1C(=O)/C=C/c1cc2ncccc2cc1NS(C)(=O)=O. The first-order valence-corrected chi connectivity index (χ1v) is 12.9. The van der Waals surface area contributed by atoms with Gasteiger partial charge in [0.2, 0.25) is 15.9 Å². The number of sulfonamides is 1. The number of anilines is 1. The minimum Gasteiger partial charge on any atom is -0.334 e. The summed E-state index contributed by atoms with van der Waals surface area (Å²) in [6.45, 7) is 4.69. The van der Waals surface area contributed by atoms with Crippen molar-refractivity contribution < 1.29 is 17.6 Å². The van der Waals surface area contributed by atoms with Gasteiger partial charge in [0.1, 0.15) is 5.82 Å². The van der Waals surface area contributed by atoms with Gasteiger partial charge in [0.25, 0.3) is 0 Å². The second-order valence-electron chi connectivity index (χ2n) is 8.59. The first kappa shape index (κ1) is 23.8. The van der Waals surface area contributed by atoms with Crippen LogP contribution in [0.25, 0.3) is 17.0 Å². The molecule has 1 N–H and O–H groups in total. The van der Waals surface area contributed by atoms with E-state index in [2.05, 4.69) is 14.6 Å². The molecule has 9 heteroatoms. The molecule has 1 atom stereocenters. The van der Waals surface area contributed by atoms with E-state index in [1.54, 1.807) is 47.5 Å². The fourth-order valence-corrected chi connectivity index (χ4v) is 4.75. The van der Waals surface area contributed by atoms with Gasteiger partial charge in [-0.3, -0.25) is 19.4 Å². The van der Waals surface area contributed by atoms with Crippen LogP contribution in [-0.2, 0) is 21.4 Å². The third-order valence-electron chi connectivity index (χ3n) is 5.79. The third kappa shape index (κ3) is 5.98. The van der Waals surface area contributed by atoms with E-state index in [-0.39, 0.29) is 17.8 Å². The first-order chi connectivity index (χ1) is 16.2. The molecule has 1 amide bonds. The molecule has 1 aliphatic rings. The van der Waals surface area contributed by atoms with Crippen molar-refractivity contribution in [2.75, 3.05) is 30.6 Å². The van der Waals surface area contributed by atoms with Crippen LogP contribution in [0, 0.1) is 5.82 Å². The van der Waals surface area contributed by atoms with Crippen LogP contribution in [0.2, 0.25) is 0 Å². The van der Waals surface area contributed by atoms with E-state index in [1.807, 2.05) is 13.0 Å². The molecule has 0 unspecified atom stereocenters. The standard InChI is InChI=1S/C25H27FN4O3S/c1-18-16-29(17-19-5-8-22(26)9-6-19)12-13-30(18)25(31)10-7-21-14-23-20(4-3-11-27-23)15-24(21)28-34(2,32)33/h3-11,14-15,18,28H,12-13,16-17H2,1-2H3/b10-7+/t18-/m1/s1.